The van der Waals surface area contributed by atoms with E-state index in [-0.39, 0.29) is 5.91 Å². The Kier molecular flexibility index (Phi) is 3.60. The molecule has 2 aromatic heterocycles. The molecule has 0 saturated carbocycles. The van der Waals surface area contributed by atoms with Crippen molar-refractivity contribution in [3.63, 3.8) is 0 Å². The zero-order valence-corrected chi connectivity index (χ0v) is 11.7. The highest BCUT2D eigenvalue weighted by atomic mass is 16.1. The lowest BCUT2D eigenvalue weighted by Crippen LogP contribution is -2.24. The van der Waals surface area contributed by atoms with Crippen molar-refractivity contribution in [1.82, 2.24) is 15.3 Å². The van der Waals surface area contributed by atoms with Gasteiger partial charge in [0.15, 0.2) is 0 Å². The first-order valence-corrected chi connectivity index (χ1v) is 6.78. The number of hydrogen-bond acceptors (Lipinski definition) is 3. The predicted molar refractivity (Wildman–Crippen MR) is 81.9 cm³/mol. The van der Waals surface area contributed by atoms with Gasteiger partial charge < -0.3 is 5.32 Å². The van der Waals surface area contributed by atoms with Crippen LogP contribution in [0.5, 0.6) is 0 Å². The van der Waals surface area contributed by atoms with Crippen LogP contribution in [0.1, 0.15) is 21.7 Å². The van der Waals surface area contributed by atoms with Gasteiger partial charge in [-0.05, 0) is 31.2 Å². The summed E-state index contributed by atoms with van der Waals surface area (Å²) in [7, 11) is 0. The fourth-order valence-corrected chi connectivity index (χ4v) is 2.21. The predicted octanol–water partition coefficient (Wildman–Crippen LogP) is 2.87. The molecule has 2 heterocycles. The van der Waals surface area contributed by atoms with E-state index < -0.39 is 0 Å². The van der Waals surface area contributed by atoms with E-state index in [9.17, 15) is 4.79 Å². The molecule has 1 amide bonds. The van der Waals surface area contributed by atoms with E-state index in [4.69, 9.17) is 0 Å². The summed E-state index contributed by atoms with van der Waals surface area (Å²) in [5.41, 5.74) is 3.06. The minimum absolute atomic E-state index is 0.128. The molecule has 4 heteroatoms. The SMILES string of the molecule is Cc1nc2ccccc2cc1C(=O)NCc1ccccn1. The van der Waals surface area contributed by atoms with Crippen LogP contribution in [0.2, 0.25) is 0 Å². The number of para-hydroxylation sites is 1. The van der Waals surface area contributed by atoms with Crippen molar-refractivity contribution in [3.8, 4) is 0 Å². The van der Waals surface area contributed by atoms with Crippen molar-refractivity contribution in [1.29, 1.82) is 0 Å². The lowest BCUT2D eigenvalue weighted by atomic mass is 10.1. The highest BCUT2D eigenvalue weighted by Crippen LogP contribution is 2.16. The average Bonchev–Trinajstić information content (AvgIpc) is 2.53. The maximum atomic E-state index is 12.3. The fourth-order valence-electron chi connectivity index (χ4n) is 2.21. The van der Waals surface area contributed by atoms with Crippen LogP contribution in [0, 0.1) is 6.92 Å². The Morgan fingerprint density at radius 2 is 1.95 bits per heavy atom. The van der Waals surface area contributed by atoms with Crippen LogP contribution in [0.15, 0.2) is 54.7 Å². The van der Waals surface area contributed by atoms with Gasteiger partial charge in [-0.1, -0.05) is 24.3 Å². The Bertz CT molecular complexity index is 784. The van der Waals surface area contributed by atoms with Crippen molar-refractivity contribution >= 4 is 16.8 Å². The molecule has 1 aromatic carbocycles. The Balaban J connectivity index is 1.82. The summed E-state index contributed by atoms with van der Waals surface area (Å²) in [6.45, 7) is 2.26. The number of benzene rings is 1. The van der Waals surface area contributed by atoms with Gasteiger partial charge in [0.05, 0.1) is 29.0 Å². The molecule has 0 saturated heterocycles. The van der Waals surface area contributed by atoms with E-state index in [0.717, 1.165) is 22.3 Å². The van der Waals surface area contributed by atoms with E-state index in [1.165, 1.54) is 0 Å². The third-order valence-corrected chi connectivity index (χ3v) is 3.32. The number of aryl methyl sites for hydroxylation is 1. The molecule has 0 radical (unpaired) electrons. The second-order valence-electron chi connectivity index (χ2n) is 4.82. The number of fused-ring (bicyclic) bond motifs is 1. The number of amides is 1. The molecule has 104 valence electrons. The summed E-state index contributed by atoms with van der Waals surface area (Å²) < 4.78 is 0. The van der Waals surface area contributed by atoms with Crippen molar-refractivity contribution in [2.24, 2.45) is 0 Å². The van der Waals surface area contributed by atoms with Gasteiger partial charge in [-0.2, -0.15) is 0 Å². The van der Waals surface area contributed by atoms with Crippen LogP contribution in [-0.2, 0) is 6.54 Å². The molecule has 3 rings (SSSR count). The number of aromatic nitrogens is 2. The summed E-state index contributed by atoms with van der Waals surface area (Å²) >= 11 is 0. The van der Waals surface area contributed by atoms with Crippen molar-refractivity contribution in [3.05, 3.63) is 71.7 Å². The van der Waals surface area contributed by atoms with Gasteiger partial charge in [-0.15, -0.1) is 0 Å². The van der Waals surface area contributed by atoms with E-state index in [1.807, 2.05) is 55.5 Å². The topological polar surface area (TPSA) is 54.9 Å². The molecule has 0 atom stereocenters. The van der Waals surface area contributed by atoms with E-state index >= 15 is 0 Å². The highest BCUT2D eigenvalue weighted by Gasteiger charge is 2.11. The first-order valence-electron chi connectivity index (χ1n) is 6.78. The summed E-state index contributed by atoms with van der Waals surface area (Å²) in [5.74, 6) is -0.128. The Labute approximate surface area is 122 Å². The normalized spacial score (nSPS) is 10.5. The molecule has 0 aliphatic heterocycles. The molecule has 0 fully saturated rings. The number of carbonyl (C=O) groups excluding carboxylic acids is 1. The monoisotopic (exact) mass is 277 g/mol. The van der Waals surface area contributed by atoms with Gasteiger partial charge in [-0.25, -0.2) is 0 Å². The molecule has 1 N–H and O–H groups in total. The minimum Gasteiger partial charge on any atom is -0.346 e. The van der Waals surface area contributed by atoms with E-state index in [0.29, 0.717) is 12.1 Å². The van der Waals surface area contributed by atoms with Crippen molar-refractivity contribution in [2.75, 3.05) is 0 Å². The number of carbonyl (C=O) groups is 1. The lowest BCUT2D eigenvalue weighted by molar-refractivity contribution is 0.0949. The second-order valence-corrected chi connectivity index (χ2v) is 4.82. The van der Waals surface area contributed by atoms with Crippen LogP contribution in [0.25, 0.3) is 10.9 Å². The molecule has 0 bridgehead atoms. The molecule has 21 heavy (non-hydrogen) atoms. The molecule has 3 aromatic rings. The van der Waals surface area contributed by atoms with Crippen LogP contribution < -0.4 is 5.32 Å². The van der Waals surface area contributed by atoms with Crippen molar-refractivity contribution < 1.29 is 4.79 Å². The molecule has 0 unspecified atom stereocenters. The quantitative estimate of drug-likeness (QED) is 0.801. The fraction of sp³-hybridized carbons (Fsp3) is 0.118. The number of hydrogen-bond donors (Lipinski definition) is 1. The maximum Gasteiger partial charge on any atom is 0.253 e. The van der Waals surface area contributed by atoms with Gasteiger partial charge in [-0.3, -0.25) is 14.8 Å². The third kappa shape index (κ3) is 2.89. The third-order valence-electron chi connectivity index (χ3n) is 3.32. The number of pyridine rings is 2. The first-order chi connectivity index (χ1) is 10.2. The van der Waals surface area contributed by atoms with Gasteiger partial charge in [0.1, 0.15) is 0 Å². The zero-order valence-electron chi connectivity index (χ0n) is 11.7. The van der Waals surface area contributed by atoms with E-state index in [1.54, 1.807) is 6.20 Å². The molecule has 0 aliphatic rings. The average molecular weight is 277 g/mol. The summed E-state index contributed by atoms with van der Waals surface area (Å²) in [6, 6.07) is 15.3. The smallest absolute Gasteiger partial charge is 0.253 e. The number of nitrogens with zero attached hydrogens (tertiary/aromatic N) is 2. The Morgan fingerprint density at radius 1 is 1.14 bits per heavy atom. The maximum absolute atomic E-state index is 12.3. The summed E-state index contributed by atoms with van der Waals surface area (Å²) in [4.78, 5) is 21.0. The number of nitrogens with one attached hydrogen (secondary N) is 1. The van der Waals surface area contributed by atoms with Crippen molar-refractivity contribution in [2.45, 2.75) is 13.5 Å². The summed E-state index contributed by atoms with van der Waals surface area (Å²) in [6.07, 6.45) is 1.71. The minimum atomic E-state index is -0.128. The lowest BCUT2D eigenvalue weighted by Gasteiger charge is -2.08. The number of rotatable bonds is 3. The van der Waals surface area contributed by atoms with Gasteiger partial charge in [0, 0.05) is 11.6 Å². The van der Waals surface area contributed by atoms with Gasteiger partial charge in [0.25, 0.3) is 5.91 Å². The van der Waals surface area contributed by atoms with Gasteiger partial charge >= 0.3 is 0 Å². The molecular formula is C17H15N3O. The van der Waals surface area contributed by atoms with Crippen LogP contribution in [0.3, 0.4) is 0 Å². The molecule has 4 nitrogen and oxygen atoms in total. The zero-order chi connectivity index (χ0) is 14.7. The molecule has 0 spiro atoms. The standard InChI is InChI=1S/C17H15N3O/c1-12-15(10-13-6-2-3-8-16(13)20-12)17(21)19-11-14-7-4-5-9-18-14/h2-10H,11H2,1H3,(H,19,21). The van der Waals surface area contributed by atoms with Crippen LogP contribution >= 0.6 is 0 Å². The molecule has 0 aliphatic carbocycles. The molecular weight excluding hydrogens is 262 g/mol. The Morgan fingerprint density at radius 3 is 2.76 bits per heavy atom. The first kappa shape index (κ1) is 13.2. The van der Waals surface area contributed by atoms with Crippen LogP contribution in [-0.4, -0.2) is 15.9 Å². The summed E-state index contributed by atoms with van der Waals surface area (Å²) in [5, 5.41) is 3.84. The Hall–Kier alpha value is -2.75. The van der Waals surface area contributed by atoms with E-state index in [2.05, 4.69) is 15.3 Å². The largest absolute Gasteiger partial charge is 0.346 e. The van der Waals surface area contributed by atoms with Crippen LogP contribution in [0.4, 0.5) is 0 Å². The second kappa shape index (κ2) is 5.71. The highest BCUT2D eigenvalue weighted by molar-refractivity contribution is 5.98. The van der Waals surface area contributed by atoms with Gasteiger partial charge in [0.2, 0.25) is 0 Å².